The lowest BCUT2D eigenvalue weighted by Crippen LogP contribution is -2.15. The molecule has 3 nitrogen and oxygen atoms in total. The van der Waals surface area contributed by atoms with E-state index in [-0.39, 0.29) is 0 Å². The summed E-state index contributed by atoms with van der Waals surface area (Å²) in [7, 11) is 0. The van der Waals surface area contributed by atoms with E-state index >= 15 is 0 Å². The molecule has 0 N–H and O–H groups in total. The van der Waals surface area contributed by atoms with Gasteiger partial charge in [-0.2, -0.15) is 0 Å². The van der Waals surface area contributed by atoms with Crippen LogP contribution < -0.4 is 4.74 Å². The lowest BCUT2D eigenvalue weighted by molar-refractivity contribution is 0.291. The number of ether oxygens (including phenoxy) is 1. The second-order valence-electron chi connectivity index (χ2n) is 8.11. The third-order valence-corrected chi connectivity index (χ3v) is 5.84. The second kappa shape index (κ2) is 13.1. The van der Waals surface area contributed by atoms with Crippen LogP contribution >= 0.6 is 0 Å². The zero-order chi connectivity index (χ0) is 18.5. The van der Waals surface area contributed by atoms with Crippen LogP contribution in [0.15, 0.2) is 12.4 Å². The van der Waals surface area contributed by atoms with Crippen molar-refractivity contribution in [2.24, 2.45) is 5.92 Å². The van der Waals surface area contributed by atoms with Crippen molar-refractivity contribution in [3.05, 3.63) is 18.2 Å². The molecule has 1 aromatic rings. The van der Waals surface area contributed by atoms with Gasteiger partial charge in [-0.25, -0.2) is 9.97 Å². The van der Waals surface area contributed by atoms with E-state index in [9.17, 15) is 0 Å². The largest absolute Gasteiger partial charge is 0.490 e. The number of aromatic nitrogens is 2. The minimum atomic E-state index is 0.560. The van der Waals surface area contributed by atoms with Gasteiger partial charge in [-0.3, -0.25) is 0 Å². The standard InChI is InChI=1S/C23H40N2O/c1-3-5-7-9-10-12-20-13-15-21(16-14-20)23-24-18-22(19-25-23)26-17-11-8-6-4-2/h18-21H,3-17H2,1-2H3/t20-,21-. The monoisotopic (exact) mass is 360 g/mol. The van der Waals surface area contributed by atoms with E-state index in [0.29, 0.717) is 5.92 Å². The Hall–Kier alpha value is -1.12. The Morgan fingerprint density at radius 1 is 0.808 bits per heavy atom. The van der Waals surface area contributed by atoms with Crippen molar-refractivity contribution >= 4 is 0 Å². The maximum atomic E-state index is 5.76. The van der Waals surface area contributed by atoms with Gasteiger partial charge >= 0.3 is 0 Å². The van der Waals surface area contributed by atoms with Crippen molar-refractivity contribution in [1.82, 2.24) is 9.97 Å². The molecule has 1 heterocycles. The molecule has 2 rings (SSSR count). The predicted octanol–water partition coefficient (Wildman–Crippen LogP) is 7.07. The molecule has 1 saturated carbocycles. The molecular formula is C23H40N2O. The van der Waals surface area contributed by atoms with Crippen molar-refractivity contribution in [3.8, 4) is 5.75 Å². The highest BCUT2D eigenvalue weighted by Gasteiger charge is 2.23. The summed E-state index contributed by atoms with van der Waals surface area (Å²) in [5.41, 5.74) is 0. The fourth-order valence-electron chi connectivity index (χ4n) is 4.08. The molecule has 0 radical (unpaired) electrons. The van der Waals surface area contributed by atoms with Crippen LogP contribution in [-0.4, -0.2) is 16.6 Å². The molecule has 1 aliphatic rings. The zero-order valence-electron chi connectivity index (χ0n) is 17.2. The first-order valence-electron chi connectivity index (χ1n) is 11.3. The van der Waals surface area contributed by atoms with E-state index in [1.165, 1.54) is 83.5 Å². The topological polar surface area (TPSA) is 35.0 Å². The highest BCUT2D eigenvalue weighted by atomic mass is 16.5. The predicted molar refractivity (Wildman–Crippen MR) is 110 cm³/mol. The summed E-state index contributed by atoms with van der Waals surface area (Å²) in [4.78, 5) is 9.20. The lowest BCUT2D eigenvalue weighted by Gasteiger charge is -2.27. The summed E-state index contributed by atoms with van der Waals surface area (Å²) >= 11 is 0. The van der Waals surface area contributed by atoms with E-state index in [1.807, 2.05) is 12.4 Å². The molecule has 0 aliphatic heterocycles. The Bertz CT molecular complexity index is 452. The van der Waals surface area contributed by atoms with Crippen LogP contribution in [0.2, 0.25) is 0 Å². The van der Waals surface area contributed by atoms with Crippen LogP contribution in [0, 0.1) is 5.92 Å². The first kappa shape index (κ1) is 21.2. The van der Waals surface area contributed by atoms with Crippen LogP contribution in [0.5, 0.6) is 5.75 Å². The quantitative estimate of drug-likeness (QED) is 0.353. The van der Waals surface area contributed by atoms with Gasteiger partial charge in [-0.15, -0.1) is 0 Å². The third kappa shape index (κ3) is 8.05. The van der Waals surface area contributed by atoms with Crippen molar-refractivity contribution in [2.75, 3.05) is 6.61 Å². The van der Waals surface area contributed by atoms with Gasteiger partial charge in [0.25, 0.3) is 0 Å². The first-order chi connectivity index (χ1) is 12.8. The fourth-order valence-corrected chi connectivity index (χ4v) is 4.08. The average molecular weight is 361 g/mol. The lowest BCUT2D eigenvalue weighted by atomic mass is 9.79. The van der Waals surface area contributed by atoms with Gasteiger partial charge in [-0.05, 0) is 38.0 Å². The van der Waals surface area contributed by atoms with E-state index in [0.717, 1.165) is 30.5 Å². The highest BCUT2D eigenvalue weighted by molar-refractivity contribution is 5.14. The Kier molecular flexibility index (Phi) is 10.7. The van der Waals surface area contributed by atoms with E-state index in [4.69, 9.17) is 4.74 Å². The number of rotatable bonds is 13. The van der Waals surface area contributed by atoms with Gasteiger partial charge in [0.1, 0.15) is 5.82 Å². The van der Waals surface area contributed by atoms with E-state index < -0.39 is 0 Å². The molecule has 0 amide bonds. The normalized spacial score (nSPS) is 20.2. The van der Waals surface area contributed by atoms with E-state index in [2.05, 4.69) is 23.8 Å². The smallest absolute Gasteiger partial charge is 0.155 e. The third-order valence-electron chi connectivity index (χ3n) is 5.84. The van der Waals surface area contributed by atoms with Crippen LogP contribution in [0.4, 0.5) is 0 Å². The molecule has 26 heavy (non-hydrogen) atoms. The number of hydrogen-bond donors (Lipinski definition) is 0. The van der Waals surface area contributed by atoms with Crippen LogP contribution in [0.1, 0.15) is 115 Å². The van der Waals surface area contributed by atoms with Crippen LogP contribution in [-0.2, 0) is 0 Å². The Labute approximate surface area is 161 Å². The molecule has 1 aliphatic carbocycles. The molecule has 0 saturated heterocycles. The van der Waals surface area contributed by atoms with Gasteiger partial charge in [0.2, 0.25) is 0 Å². The van der Waals surface area contributed by atoms with E-state index in [1.54, 1.807) is 0 Å². The summed E-state index contributed by atoms with van der Waals surface area (Å²) in [5, 5.41) is 0. The summed E-state index contributed by atoms with van der Waals surface area (Å²) in [6.07, 6.45) is 22.4. The molecule has 1 fully saturated rings. The SMILES string of the molecule is CCCCCCC[C@H]1CC[C@H](c2ncc(OCCCCCC)cn2)CC1. The van der Waals surface area contributed by atoms with Crippen LogP contribution in [0.25, 0.3) is 0 Å². The van der Waals surface area contributed by atoms with Crippen molar-refractivity contribution in [3.63, 3.8) is 0 Å². The van der Waals surface area contributed by atoms with Gasteiger partial charge in [-0.1, -0.05) is 71.6 Å². The first-order valence-corrected chi connectivity index (χ1v) is 11.3. The molecular weight excluding hydrogens is 320 g/mol. The molecule has 0 atom stereocenters. The average Bonchev–Trinajstić information content (AvgIpc) is 2.69. The highest BCUT2D eigenvalue weighted by Crippen LogP contribution is 2.36. The molecule has 0 unspecified atom stereocenters. The number of unbranched alkanes of at least 4 members (excludes halogenated alkanes) is 7. The Balaban J connectivity index is 1.62. The van der Waals surface area contributed by atoms with Crippen molar-refractivity contribution in [1.29, 1.82) is 0 Å². The number of hydrogen-bond acceptors (Lipinski definition) is 3. The van der Waals surface area contributed by atoms with Gasteiger partial charge in [0.15, 0.2) is 5.75 Å². The molecule has 0 spiro atoms. The van der Waals surface area contributed by atoms with Crippen molar-refractivity contribution in [2.45, 2.75) is 110 Å². The summed E-state index contributed by atoms with van der Waals surface area (Å²) < 4.78 is 5.76. The van der Waals surface area contributed by atoms with Crippen molar-refractivity contribution < 1.29 is 4.74 Å². The molecule has 148 valence electrons. The molecule has 0 aromatic carbocycles. The maximum absolute atomic E-state index is 5.76. The van der Waals surface area contributed by atoms with Gasteiger partial charge in [0, 0.05) is 5.92 Å². The Morgan fingerprint density at radius 2 is 1.42 bits per heavy atom. The van der Waals surface area contributed by atoms with Crippen LogP contribution in [0.3, 0.4) is 0 Å². The number of nitrogens with zero attached hydrogens (tertiary/aromatic N) is 2. The zero-order valence-corrected chi connectivity index (χ0v) is 17.2. The minimum absolute atomic E-state index is 0.560. The fraction of sp³-hybridized carbons (Fsp3) is 0.826. The van der Waals surface area contributed by atoms with Gasteiger partial charge in [0.05, 0.1) is 19.0 Å². The minimum Gasteiger partial charge on any atom is -0.490 e. The second-order valence-corrected chi connectivity index (χ2v) is 8.11. The molecule has 1 aromatic heterocycles. The summed E-state index contributed by atoms with van der Waals surface area (Å²) in [6.45, 7) is 5.30. The summed E-state index contributed by atoms with van der Waals surface area (Å²) in [5.74, 6) is 3.36. The molecule has 3 heteroatoms. The summed E-state index contributed by atoms with van der Waals surface area (Å²) in [6, 6.07) is 0. The van der Waals surface area contributed by atoms with Gasteiger partial charge < -0.3 is 4.74 Å². The Morgan fingerprint density at radius 3 is 2.08 bits per heavy atom. The maximum Gasteiger partial charge on any atom is 0.155 e. The molecule has 0 bridgehead atoms.